The minimum atomic E-state index is -5.37. The highest BCUT2D eigenvalue weighted by Gasteiger charge is 2.47. The van der Waals surface area contributed by atoms with Gasteiger partial charge in [-0.15, -0.1) is 11.8 Å². The van der Waals surface area contributed by atoms with Crippen LogP contribution in [0.15, 0.2) is 59.5 Å². The van der Waals surface area contributed by atoms with Crippen LogP contribution in [0.25, 0.3) is 0 Å². The average molecular weight is 1240 g/mol. The van der Waals surface area contributed by atoms with Gasteiger partial charge in [-0.25, -0.2) is 21.0 Å². The summed E-state index contributed by atoms with van der Waals surface area (Å²) in [6.07, 6.45) is -4.95. The first-order chi connectivity index (χ1) is 37.9. The summed E-state index contributed by atoms with van der Waals surface area (Å²) in [6, 6.07) is 11.3. The lowest BCUT2D eigenvalue weighted by molar-refractivity contribution is -0.200. The first kappa shape index (κ1) is 66.4. The van der Waals surface area contributed by atoms with E-state index >= 15 is 0 Å². The number of likely N-dealkylation sites (tertiary alicyclic amines) is 1. The maximum absolute atomic E-state index is 14.4. The van der Waals surface area contributed by atoms with E-state index in [1.54, 1.807) is 56.0 Å². The summed E-state index contributed by atoms with van der Waals surface area (Å²) < 4.78 is 162. The molecule has 0 saturated carbocycles. The molecule has 450 valence electrons. The van der Waals surface area contributed by atoms with Gasteiger partial charge in [0.25, 0.3) is 5.91 Å². The molecule has 3 aromatic rings. The van der Waals surface area contributed by atoms with E-state index in [-0.39, 0.29) is 65.6 Å². The van der Waals surface area contributed by atoms with E-state index in [0.29, 0.717) is 46.7 Å². The summed E-state index contributed by atoms with van der Waals surface area (Å²) in [6.45, 7) is 2.96. The minimum absolute atomic E-state index is 0.0365. The van der Waals surface area contributed by atoms with Crippen LogP contribution in [0.1, 0.15) is 57.4 Å². The van der Waals surface area contributed by atoms with Crippen molar-refractivity contribution in [2.24, 2.45) is 5.73 Å². The molecule has 3 aromatic carbocycles. The highest BCUT2D eigenvalue weighted by molar-refractivity contribution is 8.00. The van der Waals surface area contributed by atoms with Gasteiger partial charge in [-0.3, -0.25) is 38.2 Å². The number of nitrogens with one attached hydrogen (secondary N) is 5. The Morgan fingerprint density at radius 1 is 0.815 bits per heavy atom. The number of benzene rings is 3. The van der Waals surface area contributed by atoms with Crippen molar-refractivity contribution < 1.29 is 98.0 Å². The molecule has 2 aliphatic rings. The Balaban J connectivity index is 1.18. The smallest absolute Gasteiger partial charge is 0.397 e. The van der Waals surface area contributed by atoms with Crippen molar-refractivity contribution in [3.63, 3.8) is 0 Å². The molecule has 5 rings (SSSR count). The molecule has 0 aliphatic carbocycles. The summed E-state index contributed by atoms with van der Waals surface area (Å²) in [5.74, 6) is -2.49. The largest absolute Gasteiger partial charge is 0.496 e. The highest BCUT2D eigenvalue weighted by Crippen LogP contribution is 2.31. The third-order valence-electron chi connectivity index (χ3n) is 12.5. The van der Waals surface area contributed by atoms with E-state index in [1.165, 1.54) is 31.4 Å². The number of amides is 4. The van der Waals surface area contributed by atoms with Gasteiger partial charge in [0.1, 0.15) is 48.1 Å². The molecule has 2 aliphatic heterocycles. The quantitative estimate of drug-likeness (QED) is 0.0189. The molecule has 29 nitrogen and oxygen atoms in total. The molecule has 6 atom stereocenters. The summed E-state index contributed by atoms with van der Waals surface area (Å²) in [5.41, 5.74) is 8.49. The van der Waals surface area contributed by atoms with Crippen molar-refractivity contribution in [3.05, 3.63) is 88.0 Å². The normalized spacial score (nSPS) is 18.8. The first-order valence-electron chi connectivity index (χ1n) is 24.6. The third kappa shape index (κ3) is 21.1. The van der Waals surface area contributed by atoms with Gasteiger partial charge < -0.3 is 45.5 Å². The van der Waals surface area contributed by atoms with Crippen LogP contribution in [0.5, 0.6) is 5.75 Å². The van der Waals surface area contributed by atoms with E-state index in [2.05, 4.69) is 33.2 Å². The lowest BCUT2D eigenvalue weighted by Crippen LogP contribution is -2.58. The Kier molecular flexibility index (Phi) is 24.3. The Morgan fingerprint density at radius 2 is 1.46 bits per heavy atom. The van der Waals surface area contributed by atoms with Gasteiger partial charge in [-0.2, -0.15) is 30.0 Å². The molecule has 3 unspecified atom stereocenters. The predicted molar refractivity (Wildman–Crippen MR) is 290 cm³/mol. The number of sulfonamides is 1. The number of methoxy groups -OCH3 is 1. The van der Waals surface area contributed by atoms with Crippen molar-refractivity contribution in [3.8, 4) is 5.75 Å². The van der Waals surface area contributed by atoms with Crippen LogP contribution in [0.4, 0.5) is 5.69 Å². The van der Waals surface area contributed by atoms with Crippen LogP contribution < -0.4 is 31.1 Å². The summed E-state index contributed by atoms with van der Waals surface area (Å²) in [7, 11) is -18.7. The first-order valence-corrected chi connectivity index (χ1v) is 31.4. The number of anilines is 1. The van der Waals surface area contributed by atoms with E-state index in [4.69, 9.17) is 39.2 Å². The molecule has 2 saturated heterocycles. The van der Waals surface area contributed by atoms with Crippen LogP contribution in [-0.4, -0.2) is 189 Å². The fourth-order valence-corrected chi connectivity index (χ4v) is 12.6. The van der Waals surface area contributed by atoms with Gasteiger partial charge in [0.2, 0.25) is 27.7 Å². The van der Waals surface area contributed by atoms with Gasteiger partial charge in [-0.1, -0.05) is 24.3 Å². The van der Waals surface area contributed by atoms with Gasteiger partial charge in [0, 0.05) is 48.6 Å². The number of aryl methyl sites for hydroxylation is 1. The summed E-state index contributed by atoms with van der Waals surface area (Å²) in [5, 5.41) is 15.8. The molecule has 0 aromatic heterocycles. The number of nitrogens with zero attached hydrogens (tertiary/aromatic N) is 1. The van der Waals surface area contributed by atoms with Crippen molar-refractivity contribution >= 4 is 88.1 Å². The molecule has 0 radical (unpaired) electrons. The number of carbonyl (C=O) groups is 4. The predicted octanol–water partition coefficient (Wildman–Crippen LogP) is 0.389. The molecule has 2 fully saturated rings. The van der Waals surface area contributed by atoms with Gasteiger partial charge >= 0.3 is 31.2 Å². The molecular formula is C47H65N7O22S5. The molecular weight excluding hydrogens is 1170 g/mol. The van der Waals surface area contributed by atoms with Gasteiger partial charge in [0.05, 0.1) is 50.8 Å². The second-order valence-electron chi connectivity index (χ2n) is 18.4. The molecule has 34 heteroatoms. The van der Waals surface area contributed by atoms with Crippen molar-refractivity contribution in [1.82, 2.24) is 20.3 Å². The SMILES string of the molecule is COc1cc(C)c(S(=O)(=O)N[C@@H](CSCC(=O)Nc2ccc(C(=O)NCCOCCO[C@@H]3C(COS(=O)(=O)O)OCC(OS(=O)(=O)O)[C@@H]3OS(=O)(=O)O)cc2)C(=O)NC(Cc2ccc(C(=N)N)cc2)C(=O)N2CCCCC2)c(C)c1C. The average Bonchev–Trinajstić information content (AvgIpc) is 3.38. The maximum Gasteiger partial charge on any atom is 0.397 e. The number of piperidine rings is 1. The number of nitrogen functional groups attached to an aromatic ring is 1. The number of thioether (sulfide) groups is 1. The van der Waals surface area contributed by atoms with Gasteiger partial charge in [0.15, 0.2) is 0 Å². The number of amidine groups is 1. The van der Waals surface area contributed by atoms with Crippen molar-refractivity contribution in [1.29, 1.82) is 5.41 Å². The number of ether oxygens (including phenoxy) is 4. The summed E-state index contributed by atoms with van der Waals surface area (Å²) in [4.78, 5) is 56.2. The Hall–Kier alpha value is -5.44. The zero-order chi connectivity index (χ0) is 59.9. The van der Waals surface area contributed by atoms with Crippen LogP contribution in [-0.2, 0) is 88.8 Å². The van der Waals surface area contributed by atoms with E-state index in [1.807, 2.05) is 0 Å². The molecule has 81 heavy (non-hydrogen) atoms. The number of hydrogen-bond acceptors (Lipinski definition) is 21. The monoisotopic (exact) mass is 1240 g/mol. The second-order valence-corrected chi connectivity index (χ2v) is 24.3. The van der Waals surface area contributed by atoms with E-state index < -0.39 is 115 Å². The molecule has 10 N–H and O–H groups in total. The van der Waals surface area contributed by atoms with Crippen molar-refractivity contribution in [2.45, 2.75) is 87.8 Å². The number of nitrogens with two attached hydrogens (primary N) is 1. The molecule has 0 bridgehead atoms. The topological polar surface area (TPSA) is 431 Å². The maximum atomic E-state index is 14.4. The minimum Gasteiger partial charge on any atom is -0.496 e. The zero-order valence-corrected chi connectivity index (χ0v) is 48.3. The standard InChI is InChI=1S/C47H65N7O22S5/c1-28-22-37(70-4)29(2)30(3)43(28)78(59,60)53-36(46(57)52-35(47(58)54-17-6-5-7-18-54)23-31-8-10-32(11-9-31)44(48)49)26-77-27-40(55)51-34-14-12-33(13-15-34)45(56)50-16-19-71-20-21-72-41-38(25-74-79(61,62)63)73-24-39(75-80(64,65)66)42(41)76-81(67,68)69/h8-15,22,35-36,38-39,41-42,53H,5-7,16-21,23-27H2,1-4H3,(H3,48,49)(H,50,56)(H,51,55)(H,52,57)(H,61,62,63)(H,64,65,66)(H,67,68,69)/t35?,36-,38?,39?,41+,42-/m0/s1. The Labute approximate surface area is 473 Å². The van der Waals surface area contributed by atoms with Crippen LogP contribution in [0.3, 0.4) is 0 Å². The van der Waals surface area contributed by atoms with E-state index in [9.17, 15) is 57.4 Å². The van der Waals surface area contributed by atoms with Crippen LogP contribution in [0.2, 0.25) is 0 Å². The highest BCUT2D eigenvalue weighted by atomic mass is 32.3. The number of rotatable bonds is 30. The molecule has 4 amide bonds. The Bertz CT molecular complexity index is 3170. The van der Waals surface area contributed by atoms with Crippen LogP contribution in [0, 0.1) is 26.2 Å². The number of hydrogen-bond donors (Lipinski definition) is 9. The Morgan fingerprint density at radius 3 is 2.06 bits per heavy atom. The van der Waals surface area contributed by atoms with Crippen LogP contribution >= 0.6 is 11.8 Å². The lowest BCUT2D eigenvalue weighted by atomic mass is 10.0. The van der Waals surface area contributed by atoms with Gasteiger partial charge in [-0.05, 0) is 92.6 Å². The number of carbonyl (C=O) groups excluding carboxylic acids is 4. The zero-order valence-electron chi connectivity index (χ0n) is 44.2. The molecule has 0 spiro atoms. The third-order valence-corrected chi connectivity index (χ3v) is 16.7. The fraction of sp³-hybridized carbons (Fsp3) is 0.511. The van der Waals surface area contributed by atoms with E-state index in [0.717, 1.165) is 31.0 Å². The lowest BCUT2D eigenvalue weighted by Gasteiger charge is -2.40. The second kappa shape index (κ2) is 29.7. The summed E-state index contributed by atoms with van der Waals surface area (Å²) >= 11 is 0.940. The fourth-order valence-electron chi connectivity index (χ4n) is 8.60. The molecule has 2 heterocycles. The van der Waals surface area contributed by atoms with Crippen molar-refractivity contribution in [2.75, 3.05) is 76.6 Å².